The number of aliphatic hydroxyl groups is 1. The number of hydrogen-bond donors (Lipinski definition) is 4. The van der Waals surface area contributed by atoms with Crippen LogP contribution < -0.4 is 20.7 Å². The zero-order valence-electron chi connectivity index (χ0n) is 24.3. The van der Waals surface area contributed by atoms with E-state index in [1.165, 1.54) is 24.5 Å². The number of fused-ring (bicyclic) bond motifs is 1. The fourth-order valence-corrected chi connectivity index (χ4v) is 6.27. The van der Waals surface area contributed by atoms with Crippen LogP contribution in [0, 0.1) is 24.2 Å². The molecule has 13 heteroatoms. The predicted molar refractivity (Wildman–Crippen MR) is 164 cm³/mol. The Labute approximate surface area is 257 Å². The SMILES string of the molecule is [C-]#[N+]COc1cc(C(=O)NC)c(F)cc1NCC#Cc1sc2c(NC3CCN(CC(C)O)CC3)cccc2c1CC(F)(F)F. The molecule has 2 aromatic carbocycles. The highest BCUT2D eigenvalue weighted by Crippen LogP contribution is 2.39. The molecular formula is C31H33F4N5O3S. The molecule has 44 heavy (non-hydrogen) atoms. The van der Waals surface area contributed by atoms with E-state index in [1.807, 2.05) is 6.07 Å². The summed E-state index contributed by atoms with van der Waals surface area (Å²) in [6.07, 6.45) is -4.30. The Morgan fingerprint density at radius 3 is 2.68 bits per heavy atom. The maximum Gasteiger partial charge on any atom is 0.393 e. The molecule has 0 radical (unpaired) electrons. The maximum absolute atomic E-state index is 14.6. The van der Waals surface area contributed by atoms with E-state index in [2.05, 4.69) is 37.5 Å². The predicted octanol–water partition coefficient (Wildman–Crippen LogP) is 5.48. The number of rotatable bonds is 10. The molecule has 234 valence electrons. The summed E-state index contributed by atoms with van der Waals surface area (Å²) in [5.41, 5.74) is 0.735. The maximum atomic E-state index is 14.6. The topological polar surface area (TPSA) is 90.2 Å². The number of ether oxygens (including phenoxy) is 1. The smallest absolute Gasteiger partial charge is 0.393 e. The quantitative estimate of drug-likeness (QED) is 0.135. The number of nitrogens with zero attached hydrogens (tertiary/aromatic N) is 2. The molecule has 1 aliphatic rings. The Bertz CT molecular complexity index is 1580. The molecule has 4 rings (SSSR count). The van der Waals surface area contributed by atoms with Crippen molar-refractivity contribution in [2.75, 3.05) is 50.6 Å². The van der Waals surface area contributed by atoms with Crippen LogP contribution in [0.1, 0.15) is 40.6 Å². The molecule has 4 N–H and O–H groups in total. The second-order valence-corrected chi connectivity index (χ2v) is 11.5. The van der Waals surface area contributed by atoms with Crippen molar-refractivity contribution < 1.29 is 32.2 Å². The minimum atomic E-state index is -4.44. The first kappa shape index (κ1) is 32.9. The van der Waals surface area contributed by atoms with Crippen molar-refractivity contribution in [2.24, 2.45) is 0 Å². The highest BCUT2D eigenvalue weighted by Gasteiger charge is 2.31. The molecule has 1 aliphatic heterocycles. The lowest BCUT2D eigenvalue weighted by Crippen LogP contribution is -2.41. The normalized spacial score (nSPS) is 14.8. The molecule has 2 heterocycles. The molecule has 0 spiro atoms. The number of carbonyl (C=O) groups excluding carboxylic acids is 1. The van der Waals surface area contributed by atoms with E-state index in [-0.39, 0.29) is 46.8 Å². The van der Waals surface area contributed by atoms with Gasteiger partial charge in [0, 0.05) is 38.8 Å². The standard InChI is InChI=1S/C31H33F4N5O3S/c1-19(41)17-40-12-9-20(10-13-40)39-25-7-4-6-21-23(16-31(33,34)35)28(44-29(21)25)8-5-11-38-26-15-24(32)22(30(42)37-3)14-27(26)43-18-36-2/h4,6-7,14-15,19-20,38-39,41H,9-13,16-18H2,1,3H3,(H,37,42). The second-order valence-electron chi connectivity index (χ2n) is 10.4. The molecule has 1 atom stereocenters. The third-order valence-electron chi connectivity index (χ3n) is 7.06. The van der Waals surface area contributed by atoms with E-state index < -0.39 is 30.4 Å². The van der Waals surface area contributed by atoms with Crippen LogP contribution in [-0.4, -0.2) is 74.2 Å². The summed E-state index contributed by atoms with van der Waals surface area (Å²) in [4.78, 5) is 17.6. The van der Waals surface area contributed by atoms with Gasteiger partial charge in [-0.3, -0.25) is 9.64 Å². The number of nitrogens with one attached hydrogen (secondary N) is 3. The number of halogens is 4. The molecule has 0 saturated carbocycles. The summed E-state index contributed by atoms with van der Waals surface area (Å²) in [6.45, 7) is 10.5. The van der Waals surface area contributed by atoms with Crippen molar-refractivity contribution in [3.05, 3.63) is 63.6 Å². The van der Waals surface area contributed by atoms with Crippen molar-refractivity contribution in [3.63, 3.8) is 0 Å². The van der Waals surface area contributed by atoms with Crippen LogP contribution in [0.25, 0.3) is 14.9 Å². The zero-order valence-corrected chi connectivity index (χ0v) is 25.1. The fraction of sp³-hybridized carbons (Fsp3) is 0.419. The summed E-state index contributed by atoms with van der Waals surface area (Å²) in [5, 5.41) is 18.9. The molecular weight excluding hydrogens is 598 g/mol. The van der Waals surface area contributed by atoms with Gasteiger partial charge in [0.1, 0.15) is 5.82 Å². The molecule has 1 amide bonds. The van der Waals surface area contributed by atoms with E-state index >= 15 is 0 Å². The van der Waals surface area contributed by atoms with Gasteiger partial charge in [-0.05, 0) is 42.8 Å². The lowest BCUT2D eigenvalue weighted by molar-refractivity contribution is -0.126. The summed E-state index contributed by atoms with van der Waals surface area (Å²) >= 11 is 1.19. The van der Waals surface area contributed by atoms with Crippen LogP contribution in [0.2, 0.25) is 0 Å². The molecule has 1 aromatic heterocycles. The van der Waals surface area contributed by atoms with Crippen molar-refractivity contribution in [1.29, 1.82) is 0 Å². The number of amides is 1. The summed E-state index contributed by atoms with van der Waals surface area (Å²) in [7, 11) is 1.35. The zero-order chi connectivity index (χ0) is 31.9. The summed E-state index contributed by atoms with van der Waals surface area (Å²) < 4.78 is 61.6. The average Bonchev–Trinajstić information content (AvgIpc) is 3.31. The Hall–Kier alpha value is -4.04. The van der Waals surface area contributed by atoms with Gasteiger partial charge in [-0.1, -0.05) is 24.0 Å². The van der Waals surface area contributed by atoms with Crippen molar-refractivity contribution in [1.82, 2.24) is 10.2 Å². The number of thiophene rings is 1. The Balaban J connectivity index is 1.57. The van der Waals surface area contributed by atoms with Crippen molar-refractivity contribution in [2.45, 2.75) is 44.5 Å². The summed E-state index contributed by atoms with van der Waals surface area (Å²) in [6, 6.07) is 7.64. The first-order valence-corrected chi connectivity index (χ1v) is 14.8. The lowest BCUT2D eigenvalue weighted by atomic mass is 10.0. The van der Waals surface area contributed by atoms with Crippen molar-refractivity contribution in [3.8, 4) is 17.6 Å². The van der Waals surface area contributed by atoms with E-state index in [4.69, 9.17) is 11.3 Å². The lowest BCUT2D eigenvalue weighted by Gasteiger charge is -2.33. The average molecular weight is 632 g/mol. The number of hydrogen-bond acceptors (Lipinski definition) is 7. The van der Waals surface area contributed by atoms with Crippen LogP contribution in [0.4, 0.5) is 28.9 Å². The van der Waals surface area contributed by atoms with E-state index in [0.717, 1.165) is 37.7 Å². The minimum absolute atomic E-state index is 0.0647. The van der Waals surface area contributed by atoms with Gasteiger partial charge in [0.15, 0.2) is 5.75 Å². The van der Waals surface area contributed by atoms with E-state index in [1.54, 1.807) is 19.1 Å². The van der Waals surface area contributed by atoms with Gasteiger partial charge in [-0.15, -0.1) is 11.3 Å². The molecule has 1 unspecified atom stereocenters. The first-order chi connectivity index (χ1) is 21.0. The van der Waals surface area contributed by atoms with Gasteiger partial charge in [-0.2, -0.15) is 13.2 Å². The molecule has 3 aromatic rings. The number of β-amino-alcohol motifs (C(OH)–C–C–N with tert-alkyl or cyclic N) is 1. The first-order valence-electron chi connectivity index (χ1n) is 14.0. The molecule has 0 aliphatic carbocycles. The molecule has 1 saturated heterocycles. The molecule has 8 nitrogen and oxygen atoms in total. The van der Waals surface area contributed by atoms with Crippen LogP contribution in [0.3, 0.4) is 0 Å². The number of carbonyl (C=O) groups is 1. The van der Waals surface area contributed by atoms with Crippen LogP contribution >= 0.6 is 11.3 Å². The number of alkyl halides is 3. The fourth-order valence-electron chi connectivity index (χ4n) is 5.10. The Morgan fingerprint density at radius 2 is 2.02 bits per heavy atom. The van der Waals surface area contributed by atoms with Gasteiger partial charge in [0.2, 0.25) is 0 Å². The second kappa shape index (κ2) is 14.6. The number of benzene rings is 2. The van der Waals surface area contributed by atoms with Gasteiger partial charge >= 0.3 is 12.9 Å². The van der Waals surface area contributed by atoms with Gasteiger partial charge in [0.05, 0.1) is 45.6 Å². The molecule has 1 fully saturated rings. The van der Waals surface area contributed by atoms with E-state index in [9.17, 15) is 27.5 Å². The Kier molecular flexibility index (Phi) is 10.9. The third-order valence-corrected chi connectivity index (χ3v) is 8.26. The highest BCUT2D eigenvalue weighted by atomic mass is 32.1. The number of piperidine rings is 1. The van der Waals surface area contributed by atoms with Gasteiger partial charge < -0.3 is 30.7 Å². The highest BCUT2D eigenvalue weighted by molar-refractivity contribution is 7.20. The molecule has 0 bridgehead atoms. The van der Waals surface area contributed by atoms with Crippen LogP contribution in [0.5, 0.6) is 5.75 Å². The Morgan fingerprint density at radius 1 is 1.27 bits per heavy atom. The van der Waals surface area contributed by atoms with Crippen LogP contribution in [0.15, 0.2) is 30.3 Å². The number of aliphatic hydroxyl groups excluding tert-OH is 1. The number of likely N-dealkylation sites (tertiary alicyclic amines) is 1. The van der Waals surface area contributed by atoms with Crippen molar-refractivity contribution >= 4 is 38.7 Å². The van der Waals surface area contributed by atoms with Crippen LogP contribution in [-0.2, 0) is 6.42 Å². The number of anilines is 2. The minimum Gasteiger partial charge on any atom is -0.424 e. The van der Waals surface area contributed by atoms with Gasteiger partial charge in [0.25, 0.3) is 5.91 Å². The third kappa shape index (κ3) is 8.53. The monoisotopic (exact) mass is 631 g/mol. The van der Waals surface area contributed by atoms with E-state index in [0.29, 0.717) is 16.6 Å². The van der Waals surface area contributed by atoms with Gasteiger partial charge in [-0.25, -0.2) is 11.0 Å². The largest absolute Gasteiger partial charge is 0.424 e. The summed E-state index contributed by atoms with van der Waals surface area (Å²) in [5.74, 6) is 4.27.